The van der Waals surface area contributed by atoms with E-state index in [1.54, 1.807) is 13.8 Å². The quantitative estimate of drug-likeness (QED) is 0.823. The molecule has 0 fully saturated rings. The van der Waals surface area contributed by atoms with Crippen molar-refractivity contribution in [3.05, 3.63) is 29.8 Å². The Hall–Kier alpha value is -1.55. The summed E-state index contributed by atoms with van der Waals surface area (Å²) in [6.45, 7) is 9.15. The maximum absolute atomic E-state index is 11.2. The van der Waals surface area contributed by atoms with E-state index in [1.165, 1.54) is 5.56 Å². The predicted octanol–water partition coefficient (Wildman–Crippen LogP) is 2.56. The van der Waals surface area contributed by atoms with E-state index in [0.29, 0.717) is 19.7 Å². The van der Waals surface area contributed by atoms with Crippen LogP contribution in [-0.4, -0.2) is 41.2 Å². The Balaban J connectivity index is 2.50. The number of hydrogen-bond donors (Lipinski definition) is 1. The third kappa shape index (κ3) is 4.24. The van der Waals surface area contributed by atoms with Crippen LogP contribution in [0.2, 0.25) is 0 Å². The third-order valence-corrected chi connectivity index (χ3v) is 3.35. The van der Waals surface area contributed by atoms with Crippen molar-refractivity contribution >= 4 is 5.97 Å². The summed E-state index contributed by atoms with van der Waals surface area (Å²) in [6.07, 6.45) is 0. The molecule has 0 atom stereocenters. The van der Waals surface area contributed by atoms with Gasteiger partial charge in [0.15, 0.2) is 0 Å². The highest BCUT2D eigenvalue weighted by Gasteiger charge is 2.33. The second-order valence-electron chi connectivity index (χ2n) is 5.11. The highest BCUT2D eigenvalue weighted by molar-refractivity contribution is 5.77. The van der Waals surface area contributed by atoms with E-state index < -0.39 is 11.5 Å². The zero-order valence-corrected chi connectivity index (χ0v) is 12.1. The van der Waals surface area contributed by atoms with E-state index in [9.17, 15) is 9.90 Å². The van der Waals surface area contributed by atoms with Crippen LogP contribution >= 0.6 is 0 Å². The van der Waals surface area contributed by atoms with E-state index in [1.807, 2.05) is 43.0 Å². The van der Waals surface area contributed by atoms with Gasteiger partial charge in [-0.3, -0.25) is 9.69 Å². The normalized spacial score (nSPS) is 11.6. The van der Waals surface area contributed by atoms with Crippen LogP contribution in [0.25, 0.3) is 0 Å². The van der Waals surface area contributed by atoms with Crippen LogP contribution in [0.5, 0.6) is 5.75 Å². The number of carboxylic acids is 1. The highest BCUT2D eigenvalue weighted by atomic mass is 16.5. The number of benzene rings is 1. The Morgan fingerprint density at radius 2 is 1.89 bits per heavy atom. The summed E-state index contributed by atoms with van der Waals surface area (Å²) in [5.41, 5.74) is 0.320. The minimum absolute atomic E-state index is 0.480. The van der Waals surface area contributed by atoms with Crippen molar-refractivity contribution < 1.29 is 14.6 Å². The summed E-state index contributed by atoms with van der Waals surface area (Å²) in [7, 11) is 0. The largest absolute Gasteiger partial charge is 0.492 e. The summed E-state index contributed by atoms with van der Waals surface area (Å²) < 4.78 is 5.63. The topological polar surface area (TPSA) is 49.8 Å². The number of aliphatic carboxylic acids is 1. The summed E-state index contributed by atoms with van der Waals surface area (Å²) in [4.78, 5) is 13.1. The van der Waals surface area contributed by atoms with Crippen LogP contribution in [0.15, 0.2) is 24.3 Å². The molecule has 0 spiro atoms. The molecule has 0 bridgehead atoms. The Labute approximate surface area is 115 Å². The number of carbonyl (C=O) groups is 1. The summed E-state index contributed by atoms with van der Waals surface area (Å²) in [6, 6.07) is 7.84. The molecule has 4 heteroatoms. The summed E-state index contributed by atoms with van der Waals surface area (Å²) >= 11 is 0. The van der Waals surface area contributed by atoms with Crippen LogP contribution in [0.4, 0.5) is 0 Å². The van der Waals surface area contributed by atoms with E-state index in [2.05, 4.69) is 0 Å². The monoisotopic (exact) mass is 265 g/mol. The van der Waals surface area contributed by atoms with E-state index in [0.717, 1.165) is 5.75 Å². The second-order valence-corrected chi connectivity index (χ2v) is 5.11. The smallest absolute Gasteiger partial charge is 0.323 e. The van der Waals surface area contributed by atoms with Crippen molar-refractivity contribution in [3.8, 4) is 5.75 Å². The Kier molecular flexibility index (Phi) is 5.36. The van der Waals surface area contributed by atoms with Crippen molar-refractivity contribution in [1.82, 2.24) is 4.90 Å². The Morgan fingerprint density at radius 1 is 1.32 bits per heavy atom. The summed E-state index contributed by atoms with van der Waals surface area (Å²) in [5.74, 6) is -0.000491. The average Bonchev–Trinajstić information content (AvgIpc) is 2.36. The Morgan fingerprint density at radius 3 is 2.37 bits per heavy atom. The molecule has 1 aromatic carbocycles. The first-order chi connectivity index (χ1) is 8.87. The molecule has 4 nitrogen and oxygen atoms in total. The maximum atomic E-state index is 11.2. The molecule has 0 aromatic heterocycles. The first-order valence-electron chi connectivity index (χ1n) is 6.56. The zero-order chi connectivity index (χ0) is 14.5. The van der Waals surface area contributed by atoms with Crippen LogP contribution in [-0.2, 0) is 4.79 Å². The molecule has 0 heterocycles. The van der Waals surface area contributed by atoms with Gasteiger partial charge in [-0.25, -0.2) is 0 Å². The van der Waals surface area contributed by atoms with Crippen LogP contribution < -0.4 is 4.74 Å². The van der Waals surface area contributed by atoms with Crippen LogP contribution in [0.1, 0.15) is 26.3 Å². The lowest BCUT2D eigenvalue weighted by atomic mass is 10.0. The van der Waals surface area contributed by atoms with Gasteiger partial charge in [0, 0.05) is 6.54 Å². The molecule has 0 radical (unpaired) electrons. The molecule has 19 heavy (non-hydrogen) atoms. The molecule has 0 amide bonds. The zero-order valence-electron chi connectivity index (χ0n) is 12.1. The van der Waals surface area contributed by atoms with Gasteiger partial charge in [0.25, 0.3) is 0 Å². The first-order valence-corrected chi connectivity index (χ1v) is 6.56. The maximum Gasteiger partial charge on any atom is 0.323 e. The second kappa shape index (κ2) is 6.57. The van der Waals surface area contributed by atoms with E-state index in [-0.39, 0.29) is 0 Å². The lowest BCUT2D eigenvalue weighted by Crippen LogP contribution is -2.51. The number of nitrogens with zero attached hydrogens (tertiary/aromatic N) is 1. The van der Waals surface area contributed by atoms with Crippen molar-refractivity contribution in [2.75, 3.05) is 19.7 Å². The Bertz CT molecular complexity index is 412. The van der Waals surface area contributed by atoms with Crippen molar-refractivity contribution in [2.45, 2.75) is 33.2 Å². The predicted molar refractivity (Wildman–Crippen MR) is 75.6 cm³/mol. The van der Waals surface area contributed by atoms with Gasteiger partial charge < -0.3 is 9.84 Å². The number of carboxylic acid groups (broad SMARTS) is 1. The van der Waals surface area contributed by atoms with Crippen LogP contribution in [0, 0.1) is 6.92 Å². The minimum Gasteiger partial charge on any atom is -0.492 e. The molecule has 1 rings (SSSR count). The van der Waals surface area contributed by atoms with Crippen LogP contribution in [0.3, 0.4) is 0 Å². The third-order valence-electron chi connectivity index (χ3n) is 3.35. The fraction of sp³-hybridized carbons (Fsp3) is 0.533. The minimum atomic E-state index is -0.870. The number of hydrogen-bond acceptors (Lipinski definition) is 3. The van der Waals surface area contributed by atoms with Gasteiger partial charge in [-0.15, -0.1) is 0 Å². The number of aryl methyl sites for hydroxylation is 1. The molecule has 0 saturated heterocycles. The molecule has 0 aliphatic rings. The standard InChI is InChI=1S/C15H23NO3/c1-5-16(15(3,4)14(17)18)10-11-19-13-8-6-12(2)7-9-13/h6-9H,5,10-11H2,1-4H3,(H,17,18). The van der Waals surface area contributed by atoms with Gasteiger partial charge in [-0.1, -0.05) is 24.6 Å². The lowest BCUT2D eigenvalue weighted by molar-refractivity contribution is -0.149. The first kappa shape index (κ1) is 15.5. The average molecular weight is 265 g/mol. The molecule has 0 saturated carbocycles. The van der Waals surface area contributed by atoms with Gasteiger partial charge in [0.2, 0.25) is 0 Å². The number of rotatable bonds is 7. The molecule has 1 N–H and O–H groups in total. The van der Waals surface area contributed by atoms with E-state index in [4.69, 9.17) is 4.74 Å². The number of likely N-dealkylation sites (N-methyl/N-ethyl adjacent to an activating group) is 1. The van der Waals surface area contributed by atoms with Gasteiger partial charge >= 0.3 is 5.97 Å². The molecule has 106 valence electrons. The molecule has 0 aliphatic carbocycles. The van der Waals surface area contributed by atoms with Crippen molar-refractivity contribution in [1.29, 1.82) is 0 Å². The lowest BCUT2D eigenvalue weighted by Gasteiger charge is -2.33. The number of ether oxygens (including phenoxy) is 1. The van der Waals surface area contributed by atoms with Gasteiger partial charge in [0.1, 0.15) is 17.9 Å². The molecule has 0 unspecified atom stereocenters. The highest BCUT2D eigenvalue weighted by Crippen LogP contribution is 2.15. The van der Waals surface area contributed by atoms with E-state index >= 15 is 0 Å². The van der Waals surface area contributed by atoms with Crippen molar-refractivity contribution in [2.24, 2.45) is 0 Å². The van der Waals surface area contributed by atoms with Gasteiger partial charge in [-0.05, 0) is 39.4 Å². The van der Waals surface area contributed by atoms with Gasteiger partial charge in [-0.2, -0.15) is 0 Å². The van der Waals surface area contributed by atoms with Gasteiger partial charge in [0.05, 0.1) is 0 Å². The SMILES string of the molecule is CCN(CCOc1ccc(C)cc1)C(C)(C)C(=O)O. The summed E-state index contributed by atoms with van der Waals surface area (Å²) in [5, 5.41) is 9.21. The molecular weight excluding hydrogens is 242 g/mol. The fourth-order valence-electron chi connectivity index (χ4n) is 1.88. The molecular formula is C15H23NO3. The van der Waals surface area contributed by atoms with Crippen molar-refractivity contribution in [3.63, 3.8) is 0 Å². The molecule has 0 aliphatic heterocycles. The fourth-order valence-corrected chi connectivity index (χ4v) is 1.88. The molecule has 1 aromatic rings.